The third-order valence-corrected chi connectivity index (χ3v) is 5.82. The van der Waals surface area contributed by atoms with Crippen molar-refractivity contribution in [3.05, 3.63) is 66.2 Å². The Kier molecular flexibility index (Phi) is 6.79. The minimum atomic E-state index is -0.260. The first-order chi connectivity index (χ1) is 14.3. The molecule has 1 aromatic heterocycles. The number of ether oxygens (including phenoxy) is 1. The Balaban J connectivity index is 1.43. The lowest BCUT2D eigenvalue weighted by Gasteiger charge is -2.26. The molecule has 5 nitrogen and oxygen atoms in total. The zero-order valence-electron chi connectivity index (χ0n) is 16.3. The van der Waals surface area contributed by atoms with Crippen LogP contribution in [0.3, 0.4) is 0 Å². The first-order valence-corrected chi connectivity index (χ1v) is 11.0. The minimum absolute atomic E-state index is 0.260. The van der Waals surface area contributed by atoms with E-state index in [0.29, 0.717) is 12.4 Å². The molecule has 152 valence electrons. The highest BCUT2D eigenvalue weighted by Gasteiger charge is 2.18. The van der Waals surface area contributed by atoms with Gasteiger partial charge in [-0.05, 0) is 62.3 Å². The number of para-hydroxylation sites is 1. The lowest BCUT2D eigenvalue weighted by molar-refractivity contribution is 0.214. The van der Waals surface area contributed by atoms with Crippen LogP contribution in [0, 0.1) is 5.82 Å². The molecule has 1 saturated heterocycles. The maximum atomic E-state index is 13.0. The minimum Gasteiger partial charge on any atom is -0.493 e. The van der Waals surface area contributed by atoms with Crippen LogP contribution in [0.5, 0.6) is 5.75 Å². The number of aromatic nitrogens is 3. The third kappa shape index (κ3) is 5.36. The molecule has 0 N–H and O–H groups in total. The van der Waals surface area contributed by atoms with Gasteiger partial charge in [0, 0.05) is 11.4 Å². The van der Waals surface area contributed by atoms with Crippen LogP contribution in [-0.4, -0.2) is 45.1 Å². The van der Waals surface area contributed by atoms with Crippen molar-refractivity contribution in [3.63, 3.8) is 0 Å². The summed E-state index contributed by atoms with van der Waals surface area (Å²) < 4.78 is 20.8. The summed E-state index contributed by atoms with van der Waals surface area (Å²) in [6.45, 7) is 3.57. The number of likely N-dealkylation sites (tertiary alicyclic amines) is 1. The topological polar surface area (TPSA) is 43.2 Å². The Morgan fingerprint density at radius 2 is 1.69 bits per heavy atom. The number of piperidine rings is 1. The molecule has 0 amide bonds. The van der Waals surface area contributed by atoms with Crippen LogP contribution in [0.15, 0.2) is 59.8 Å². The van der Waals surface area contributed by atoms with E-state index < -0.39 is 0 Å². The maximum absolute atomic E-state index is 13.0. The molecule has 0 unspecified atom stereocenters. The van der Waals surface area contributed by atoms with Gasteiger partial charge in [-0.3, -0.25) is 9.47 Å². The first-order valence-electron chi connectivity index (χ1n) is 10.0. The van der Waals surface area contributed by atoms with E-state index in [1.807, 2.05) is 18.2 Å². The lowest BCUT2D eigenvalue weighted by Crippen LogP contribution is -2.30. The van der Waals surface area contributed by atoms with Crippen LogP contribution in [0.25, 0.3) is 5.69 Å². The number of hydrogen-bond acceptors (Lipinski definition) is 5. The molecule has 7 heteroatoms. The van der Waals surface area contributed by atoms with Gasteiger partial charge in [0.2, 0.25) is 0 Å². The number of thioether (sulfide) groups is 1. The summed E-state index contributed by atoms with van der Waals surface area (Å²) in [7, 11) is 0. The predicted molar refractivity (Wildman–Crippen MR) is 113 cm³/mol. The van der Waals surface area contributed by atoms with Crippen LogP contribution >= 0.6 is 11.8 Å². The van der Waals surface area contributed by atoms with Crippen LogP contribution in [-0.2, 0) is 6.54 Å². The fourth-order valence-corrected chi connectivity index (χ4v) is 4.26. The molecule has 0 radical (unpaired) electrons. The SMILES string of the molecule is Fc1ccc(OCCSc2nnc(CN3CCCCC3)n2-c2ccccc2)cc1. The second kappa shape index (κ2) is 9.89. The quantitative estimate of drug-likeness (QED) is 0.401. The molecule has 29 heavy (non-hydrogen) atoms. The van der Waals surface area contributed by atoms with Gasteiger partial charge in [-0.2, -0.15) is 0 Å². The maximum Gasteiger partial charge on any atom is 0.195 e. The van der Waals surface area contributed by atoms with Gasteiger partial charge in [-0.1, -0.05) is 36.4 Å². The van der Waals surface area contributed by atoms with Crippen molar-refractivity contribution >= 4 is 11.8 Å². The molecule has 1 fully saturated rings. The highest BCUT2D eigenvalue weighted by atomic mass is 32.2. The van der Waals surface area contributed by atoms with Crippen molar-refractivity contribution in [2.75, 3.05) is 25.4 Å². The first kappa shape index (κ1) is 19.9. The van der Waals surface area contributed by atoms with Crippen LogP contribution in [0.4, 0.5) is 4.39 Å². The summed E-state index contributed by atoms with van der Waals surface area (Å²) in [5.74, 6) is 2.11. The Morgan fingerprint density at radius 3 is 2.45 bits per heavy atom. The Bertz CT molecular complexity index is 895. The summed E-state index contributed by atoms with van der Waals surface area (Å²) >= 11 is 1.62. The summed E-state index contributed by atoms with van der Waals surface area (Å²) in [4.78, 5) is 2.46. The molecule has 4 rings (SSSR count). The van der Waals surface area contributed by atoms with Crippen molar-refractivity contribution < 1.29 is 9.13 Å². The van der Waals surface area contributed by atoms with Crippen molar-refractivity contribution in [1.82, 2.24) is 19.7 Å². The zero-order chi connectivity index (χ0) is 19.9. The Hall–Kier alpha value is -2.38. The highest BCUT2D eigenvalue weighted by Crippen LogP contribution is 2.24. The van der Waals surface area contributed by atoms with Gasteiger partial charge in [0.05, 0.1) is 13.2 Å². The van der Waals surface area contributed by atoms with Gasteiger partial charge in [0.1, 0.15) is 11.6 Å². The molecule has 0 aliphatic carbocycles. The zero-order valence-corrected chi connectivity index (χ0v) is 17.2. The normalized spacial score (nSPS) is 14.8. The van der Waals surface area contributed by atoms with Gasteiger partial charge in [0.25, 0.3) is 0 Å². The summed E-state index contributed by atoms with van der Waals surface area (Å²) in [5, 5.41) is 9.83. The molecular weight excluding hydrogens is 387 g/mol. The standard InChI is InChI=1S/C22H25FN4OS/c23-18-9-11-20(12-10-18)28-15-16-29-22-25-24-21(17-26-13-5-2-6-14-26)27(22)19-7-3-1-4-8-19/h1,3-4,7-12H,2,5-6,13-17H2. The number of hydrogen-bond donors (Lipinski definition) is 0. The van der Waals surface area contributed by atoms with Gasteiger partial charge in [-0.25, -0.2) is 4.39 Å². The molecule has 0 bridgehead atoms. The van der Waals surface area contributed by atoms with Crippen molar-refractivity contribution in [2.24, 2.45) is 0 Å². The summed E-state index contributed by atoms with van der Waals surface area (Å²) in [6, 6.07) is 16.3. The monoisotopic (exact) mass is 412 g/mol. The van der Waals surface area contributed by atoms with E-state index in [1.165, 1.54) is 31.4 Å². The Morgan fingerprint density at radius 1 is 0.931 bits per heavy atom. The second-order valence-corrected chi connectivity index (χ2v) is 8.12. The van der Waals surface area contributed by atoms with E-state index in [1.54, 1.807) is 23.9 Å². The number of rotatable bonds is 8. The molecule has 3 aromatic rings. The molecule has 0 saturated carbocycles. The fraction of sp³-hybridized carbons (Fsp3) is 0.364. The van der Waals surface area contributed by atoms with Crippen molar-refractivity contribution in [1.29, 1.82) is 0 Å². The average molecular weight is 413 g/mol. The lowest BCUT2D eigenvalue weighted by atomic mass is 10.1. The van der Waals surface area contributed by atoms with Crippen LogP contribution in [0.1, 0.15) is 25.1 Å². The van der Waals surface area contributed by atoms with E-state index in [4.69, 9.17) is 4.74 Å². The van der Waals surface area contributed by atoms with Gasteiger partial charge < -0.3 is 4.74 Å². The number of benzene rings is 2. The van der Waals surface area contributed by atoms with Gasteiger partial charge in [-0.15, -0.1) is 10.2 Å². The summed E-state index contributed by atoms with van der Waals surface area (Å²) in [6.07, 6.45) is 3.82. The molecular formula is C22H25FN4OS. The molecule has 1 aliphatic rings. The molecule has 2 aromatic carbocycles. The molecule has 2 heterocycles. The van der Waals surface area contributed by atoms with E-state index in [0.717, 1.165) is 42.1 Å². The largest absolute Gasteiger partial charge is 0.493 e. The van der Waals surface area contributed by atoms with E-state index in [-0.39, 0.29) is 5.82 Å². The highest BCUT2D eigenvalue weighted by molar-refractivity contribution is 7.99. The number of nitrogens with zero attached hydrogens (tertiary/aromatic N) is 4. The third-order valence-electron chi connectivity index (χ3n) is 4.93. The van der Waals surface area contributed by atoms with Gasteiger partial charge >= 0.3 is 0 Å². The average Bonchev–Trinajstić information content (AvgIpc) is 3.16. The fourth-order valence-electron chi connectivity index (χ4n) is 3.47. The number of halogens is 1. The molecule has 0 atom stereocenters. The van der Waals surface area contributed by atoms with E-state index in [9.17, 15) is 4.39 Å². The molecule has 1 aliphatic heterocycles. The smallest absolute Gasteiger partial charge is 0.195 e. The van der Waals surface area contributed by atoms with Crippen molar-refractivity contribution in [2.45, 2.75) is 31.0 Å². The Labute approximate surface area is 174 Å². The second-order valence-electron chi connectivity index (χ2n) is 7.06. The van der Waals surface area contributed by atoms with Gasteiger partial charge in [0.15, 0.2) is 11.0 Å². The molecule has 0 spiro atoms. The van der Waals surface area contributed by atoms with E-state index >= 15 is 0 Å². The summed E-state index contributed by atoms with van der Waals surface area (Å²) in [5.41, 5.74) is 1.08. The van der Waals surface area contributed by atoms with Crippen molar-refractivity contribution in [3.8, 4) is 11.4 Å². The predicted octanol–water partition coefficient (Wildman–Crippen LogP) is 4.56. The van der Waals surface area contributed by atoms with E-state index in [2.05, 4.69) is 31.8 Å². The van der Waals surface area contributed by atoms with Crippen LogP contribution < -0.4 is 4.74 Å². The van der Waals surface area contributed by atoms with Crippen LogP contribution in [0.2, 0.25) is 0 Å².